The molecule has 0 saturated heterocycles. The summed E-state index contributed by atoms with van der Waals surface area (Å²) in [4.78, 5) is 15.4. The number of ether oxygens (including phenoxy) is 1. The quantitative estimate of drug-likeness (QED) is 0.815. The van der Waals surface area contributed by atoms with Gasteiger partial charge in [-0.1, -0.05) is 11.6 Å². The number of halogens is 1. The number of esters is 1. The van der Waals surface area contributed by atoms with Crippen molar-refractivity contribution in [2.24, 2.45) is 0 Å². The summed E-state index contributed by atoms with van der Waals surface area (Å²) < 4.78 is 5.97. The summed E-state index contributed by atoms with van der Waals surface area (Å²) in [6.45, 7) is 0. The molecule has 2 rings (SSSR count). The van der Waals surface area contributed by atoms with Gasteiger partial charge in [-0.15, -0.1) is 0 Å². The van der Waals surface area contributed by atoms with Crippen molar-refractivity contribution in [1.29, 1.82) is 0 Å². The van der Waals surface area contributed by atoms with Gasteiger partial charge in [-0.3, -0.25) is 0 Å². The van der Waals surface area contributed by atoms with E-state index >= 15 is 0 Å². The Kier molecular flexibility index (Phi) is 2.97. The van der Waals surface area contributed by atoms with Crippen molar-refractivity contribution >= 4 is 23.3 Å². The summed E-state index contributed by atoms with van der Waals surface area (Å²) in [5.74, 6) is -0.204. The number of aromatic nitrogens is 3. The van der Waals surface area contributed by atoms with Crippen LogP contribution in [0.2, 0.25) is 5.02 Å². The lowest BCUT2D eigenvalue weighted by molar-refractivity contribution is 0.0594. The molecule has 7 heteroatoms. The Morgan fingerprint density at radius 1 is 1.53 bits per heavy atom. The summed E-state index contributed by atoms with van der Waals surface area (Å²) in [6, 6.07) is 3.04. The minimum absolute atomic E-state index is 0.156. The third-order valence-corrected chi connectivity index (χ3v) is 2.26. The fourth-order valence-electron chi connectivity index (χ4n) is 1.28. The van der Waals surface area contributed by atoms with E-state index in [0.717, 1.165) is 0 Å². The highest BCUT2D eigenvalue weighted by molar-refractivity contribution is 6.30. The Labute approximate surface area is 102 Å². The predicted octanol–water partition coefficient (Wildman–Crippen LogP) is 1.29. The molecule has 0 unspecified atom stereocenters. The van der Waals surface area contributed by atoms with Crippen LogP contribution >= 0.6 is 11.6 Å². The van der Waals surface area contributed by atoms with Crippen molar-refractivity contribution < 1.29 is 9.53 Å². The van der Waals surface area contributed by atoms with Crippen LogP contribution in [0.1, 0.15) is 10.5 Å². The maximum absolute atomic E-state index is 11.3. The molecule has 2 N–H and O–H groups in total. The van der Waals surface area contributed by atoms with E-state index in [2.05, 4.69) is 14.8 Å². The van der Waals surface area contributed by atoms with E-state index in [-0.39, 0.29) is 5.69 Å². The Hall–Kier alpha value is -2.08. The Morgan fingerprint density at radius 2 is 2.29 bits per heavy atom. The fraction of sp³-hybridized carbons (Fsp3) is 0.100. The van der Waals surface area contributed by atoms with E-state index < -0.39 is 5.97 Å². The molecule has 88 valence electrons. The highest BCUT2D eigenvalue weighted by atomic mass is 35.5. The lowest BCUT2D eigenvalue weighted by Gasteiger charge is -2.06. The molecule has 17 heavy (non-hydrogen) atoms. The molecule has 6 nitrogen and oxygen atoms in total. The number of hydrogen-bond acceptors (Lipinski definition) is 5. The number of nitrogen functional groups attached to an aromatic ring is 1. The number of carbonyl (C=O) groups is 1. The van der Waals surface area contributed by atoms with Gasteiger partial charge in [-0.2, -0.15) is 5.10 Å². The Balaban J connectivity index is 2.49. The fourth-order valence-corrected chi connectivity index (χ4v) is 1.41. The van der Waals surface area contributed by atoms with Gasteiger partial charge in [0.25, 0.3) is 0 Å². The van der Waals surface area contributed by atoms with Crippen LogP contribution in [0.15, 0.2) is 24.5 Å². The average molecular weight is 253 g/mol. The van der Waals surface area contributed by atoms with Crippen molar-refractivity contribution in [2.75, 3.05) is 12.8 Å². The first kappa shape index (κ1) is 11.4. The number of hydrogen-bond donors (Lipinski definition) is 1. The van der Waals surface area contributed by atoms with E-state index in [4.69, 9.17) is 17.3 Å². The first-order valence-corrected chi connectivity index (χ1v) is 5.05. The van der Waals surface area contributed by atoms with Crippen LogP contribution in [0.5, 0.6) is 0 Å². The monoisotopic (exact) mass is 252 g/mol. The highest BCUT2D eigenvalue weighted by Crippen LogP contribution is 2.17. The zero-order chi connectivity index (χ0) is 12.4. The molecule has 0 saturated carbocycles. The summed E-state index contributed by atoms with van der Waals surface area (Å²) in [7, 11) is 1.28. The standard InChI is InChI=1S/C10H9ClN4O2/c1-17-10(16)8-3-2-7(12)9(14-8)15-5-6(11)4-13-15/h2-5H,12H2,1H3. The van der Waals surface area contributed by atoms with Crippen LogP contribution in [-0.2, 0) is 4.74 Å². The maximum Gasteiger partial charge on any atom is 0.356 e. The second-order valence-electron chi connectivity index (χ2n) is 3.20. The topological polar surface area (TPSA) is 83.0 Å². The third kappa shape index (κ3) is 2.21. The van der Waals surface area contributed by atoms with E-state index in [1.807, 2.05) is 0 Å². The molecule has 0 fully saturated rings. The molecule has 0 aliphatic heterocycles. The molecule has 0 spiro atoms. The van der Waals surface area contributed by atoms with Crippen molar-refractivity contribution in [3.63, 3.8) is 0 Å². The molecule has 2 aromatic heterocycles. The first-order valence-electron chi connectivity index (χ1n) is 4.67. The van der Waals surface area contributed by atoms with Crippen molar-refractivity contribution in [3.05, 3.63) is 35.2 Å². The second-order valence-corrected chi connectivity index (χ2v) is 3.64. The van der Waals surface area contributed by atoms with E-state index in [0.29, 0.717) is 16.5 Å². The van der Waals surface area contributed by atoms with Crippen LogP contribution in [-0.4, -0.2) is 27.8 Å². The average Bonchev–Trinajstić information content (AvgIpc) is 2.75. The number of rotatable bonds is 2. The summed E-state index contributed by atoms with van der Waals surface area (Å²) in [5.41, 5.74) is 6.30. The highest BCUT2D eigenvalue weighted by Gasteiger charge is 2.12. The molecule has 0 aromatic carbocycles. The number of carbonyl (C=O) groups excluding carboxylic acids is 1. The summed E-state index contributed by atoms with van der Waals surface area (Å²) in [5, 5.41) is 4.42. The largest absolute Gasteiger partial charge is 0.464 e. The number of nitrogens with zero attached hydrogens (tertiary/aromatic N) is 3. The lowest BCUT2D eigenvalue weighted by atomic mass is 10.3. The van der Waals surface area contributed by atoms with Crippen LogP contribution in [0.3, 0.4) is 0 Å². The first-order chi connectivity index (χ1) is 8.11. The van der Waals surface area contributed by atoms with E-state index in [9.17, 15) is 4.79 Å². The van der Waals surface area contributed by atoms with Crippen LogP contribution in [0, 0.1) is 0 Å². The molecule has 2 aromatic rings. The lowest BCUT2D eigenvalue weighted by Crippen LogP contribution is -2.10. The minimum Gasteiger partial charge on any atom is -0.464 e. The SMILES string of the molecule is COC(=O)c1ccc(N)c(-n2cc(Cl)cn2)n1. The summed E-state index contributed by atoms with van der Waals surface area (Å²) >= 11 is 5.75. The zero-order valence-corrected chi connectivity index (χ0v) is 9.68. The molecular formula is C10H9ClN4O2. The van der Waals surface area contributed by atoms with Gasteiger partial charge in [0.15, 0.2) is 11.5 Å². The number of nitrogens with two attached hydrogens (primary N) is 1. The molecule has 0 radical (unpaired) electrons. The summed E-state index contributed by atoms with van der Waals surface area (Å²) in [6.07, 6.45) is 2.99. The molecule has 2 heterocycles. The van der Waals surface area contributed by atoms with Gasteiger partial charge in [-0.05, 0) is 12.1 Å². The van der Waals surface area contributed by atoms with E-state index in [1.165, 1.54) is 24.1 Å². The number of methoxy groups -OCH3 is 1. The number of anilines is 1. The number of pyridine rings is 1. The molecule has 0 bridgehead atoms. The predicted molar refractivity (Wildman–Crippen MR) is 62.1 cm³/mol. The minimum atomic E-state index is -0.537. The third-order valence-electron chi connectivity index (χ3n) is 2.07. The van der Waals surface area contributed by atoms with Crippen LogP contribution in [0.4, 0.5) is 5.69 Å². The van der Waals surface area contributed by atoms with Gasteiger partial charge in [0.05, 0.1) is 30.2 Å². The van der Waals surface area contributed by atoms with Crippen LogP contribution in [0.25, 0.3) is 5.82 Å². The molecule has 0 atom stereocenters. The van der Waals surface area contributed by atoms with Crippen molar-refractivity contribution in [1.82, 2.24) is 14.8 Å². The Morgan fingerprint density at radius 3 is 2.88 bits per heavy atom. The molecule has 0 aliphatic rings. The Bertz CT molecular complexity index is 567. The zero-order valence-electron chi connectivity index (χ0n) is 8.92. The van der Waals surface area contributed by atoms with Gasteiger partial charge < -0.3 is 10.5 Å². The van der Waals surface area contributed by atoms with Crippen LogP contribution < -0.4 is 5.73 Å². The normalized spacial score (nSPS) is 10.2. The van der Waals surface area contributed by atoms with Gasteiger partial charge in [0, 0.05) is 0 Å². The van der Waals surface area contributed by atoms with Crippen molar-refractivity contribution in [3.8, 4) is 5.82 Å². The van der Waals surface area contributed by atoms with Gasteiger partial charge in [-0.25, -0.2) is 14.5 Å². The molecule has 0 amide bonds. The second kappa shape index (κ2) is 4.42. The molecular weight excluding hydrogens is 244 g/mol. The van der Waals surface area contributed by atoms with Gasteiger partial charge >= 0.3 is 5.97 Å². The molecule has 0 aliphatic carbocycles. The van der Waals surface area contributed by atoms with Crippen molar-refractivity contribution in [2.45, 2.75) is 0 Å². The smallest absolute Gasteiger partial charge is 0.356 e. The van der Waals surface area contributed by atoms with Gasteiger partial charge in [0.1, 0.15) is 0 Å². The van der Waals surface area contributed by atoms with E-state index in [1.54, 1.807) is 12.3 Å². The van der Waals surface area contributed by atoms with Gasteiger partial charge in [0.2, 0.25) is 0 Å². The maximum atomic E-state index is 11.3.